The number of benzene rings is 2. The second kappa shape index (κ2) is 18.4. The molecule has 4 aliphatic rings. The second-order valence-corrected chi connectivity index (χ2v) is 16.3. The van der Waals surface area contributed by atoms with Crippen molar-refractivity contribution in [1.29, 1.82) is 0 Å². The van der Waals surface area contributed by atoms with Crippen LogP contribution in [0.5, 0.6) is 23.0 Å². The summed E-state index contributed by atoms with van der Waals surface area (Å²) in [5, 5.41) is 64.8. The zero-order chi connectivity index (χ0) is 43.5. The standard InChI is InChI=1S/C44H59N3O12/c1-21-14-13-15-22(2)43(55)46-34-29(20-45-47-28-16-11-10-12-17-28)38(52)31-32(39(34)53)37(51)26(6)41-33(31)42(54)44(8,59-41)57-19-18-30(56-9)23(3)40(58-27(7)48)25(5)36(50)24(4)35(21)49/h13-15,18-21,23-25,28,30,35-36,40,47,49-53H,10-12,16-17H2,1-9H3,(H,46,55)/b14-13+,19-18+,22-15-,45-20+/t21-,23+,24+,25+,30-,35-,36+,40+,44-/m0/s1. The minimum Gasteiger partial charge on any atom is -0.507 e. The van der Waals surface area contributed by atoms with E-state index in [0.29, 0.717) is 0 Å². The highest BCUT2D eigenvalue weighted by atomic mass is 16.7. The van der Waals surface area contributed by atoms with Crippen molar-refractivity contribution >= 4 is 40.3 Å². The molecule has 0 saturated heterocycles. The number of aliphatic hydroxyl groups excluding tert-OH is 2. The molecule has 0 spiro atoms. The fourth-order valence-corrected chi connectivity index (χ4v) is 8.31. The summed E-state index contributed by atoms with van der Waals surface area (Å²) in [5.74, 6) is -8.33. The third-order valence-corrected chi connectivity index (χ3v) is 12.1. The number of fused-ring (bicyclic) bond motifs is 14. The van der Waals surface area contributed by atoms with Crippen LogP contribution < -0.4 is 15.5 Å². The SMILES string of the molecule is CO[C@H]1/C=C/O[C@@]2(C)Oc3c(C)c(O)c4c(O)c(c(/C=N/NC5CCCCC5)c(O)c4c3C2=O)NC(=O)/C(C)=C\C=C\[C@H](C)[C@H](O)[C@@H](C)[C@@H](O)[C@@H](C)[C@H](OC(C)=O)[C@@H]1C. The number of hydrogen-bond donors (Lipinski definition) is 7. The molecule has 1 aliphatic carbocycles. The van der Waals surface area contributed by atoms with Crippen LogP contribution >= 0.6 is 0 Å². The van der Waals surface area contributed by atoms with Crippen molar-refractivity contribution in [3.63, 3.8) is 0 Å². The molecular weight excluding hydrogens is 762 g/mol. The molecule has 9 atom stereocenters. The summed E-state index contributed by atoms with van der Waals surface area (Å²) >= 11 is 0. The number of ether oxygens (including phenoxy) is 4. The predicted octanol–water partition coefficient (Wildman–Crippen LogP) is 6.01. The van der Waals surface area contributed by atoms with E-state index in [1.54, 1.807) is 39.8 Å². The lowest BCUT2D eigenvalue weighted by molar-refractivity contribution is -0.160. The van der Waals surface area contributed by atoms with Crippen molar-refractivity contribution in [1.82, 2.24) is 5.43 Å². The lowest BCUT2D eigenvalue weighted by Crippen LogP contribution is -2.46. The van der Waals surface area contributed by atoms with Crippen LogP contribution in [-0.2, 0) is 23.8 Å². The van der Waals surface area contributed by atoms with E-state index in [2.05, 4.69) is 15.8 Å². The molecular formula is C44H59N3O12. The van der Waals surface area contributed by atoms with Crippen LogP contribution in [0.2, 0.25) is 0 Å². The normalized spacial score (nSPS) is 31.9. The number of esters is 1. The molecule has 322 valence electrons. The molecule has 3 aliphatic heterocycles. The maximum atomic E-state index is 14.4. The van der Waals surface area contributed by atoms with E-state index in [1.165, 1.54) is 59.4 Å². The number of aromatic hydroxyl groups is 3. The maximum Gasteiger partial charge on any atom is 0.312 e. The van der Waals surface area contributed by atoms with Gasteiger partial charge in [-0.1, -0.05) is 65.2 Å². The number of rotatable bonds is 5. The first-order chi connectivity index (χ1) is 27.8. The van der Waals surface area contributed by atoms with Gasteiger partial charge in [0.15, 0.2) is 5.75 Å². The summed E-state index contributed by atoms with van der Waals surface area (Å²) in [6.07, 6.45) is 9.77. The monoisotopic (exact) mass is 821 g/mol. The topological polar surface area (TPSA) is 226 Å². The number of nitrogens with one attached hydrogen (secondary N) is 2. The van der Waals surface area contributed by atoms with Gasteiger partial charge in [-0.2, -0.15) is 5.10 Å². The lowest BCUT2D eigenvalue weighted by atomic mass is 9.78. The van der Waals surface area contributed by atoms with Crippen molar-refractivity contribution < 1.29 is 58.9 Å². The van der Waals surface area contributed by atoms with Gasteiger partial charge in [0.25, 0.3) is 11.7 Å². The van der Waals surface area contributed by atoms with Gasteiger partial charge >= 0.3 is 11.8 Å². The number of Topliss-reactive ketones (excluding diaryl/α,β-unsaturated/α-hetero) is 1. The molecule has 0 unspecified atom stereocenters. The maximum absolute atomic E-state index is 14.4. The van der Waals surface area contributed by atoms with Crippen molar-refractivity contribution in [3.8, 4) is 23.0 Å². The van der Waals surface area contributed by atoms with E-state index in [1.807, 2.05) is 0 Å². The van der Waals surface area contributed by atoms with E-state index < -0.39 is 88.8 Å². The van der Waals surface area contributed by atoms with Gasteiger partial charge in [-0.3, -0.25) is 14.4 Å². The largest absolute Gasteiger partial charge is 0.507 e. The fourth-order valence-electron chi connectivity index (χ4n) is 8.31. The number of hydrogen-bond acceptors (Lipinski definition) is 14. The number of hydrazone groups is 1. The average Bonchev–Trinajstić information content (AvgIpc) is 3.47. The number of allylic oxidation sites excluding steroid dienone is 2. The molecule has 59 heavy (non-hydrogen) atoms. The van der Waals surface area contributed by atoms with Gasteiger partial charge in [0, 0.05) is 67.2 Å². The first-order valence-electron chi connectivity index (χ1n) is 20.2. The highest BCUT2D eigenvalue weighted by Crippen LogP contribution is 2.55. The second-order valence-electron chi connectivity index (χ2n) is 16.3. The van der Waals surface area contributed by atoms with E-state index in [0.717, 1.165) is 32.1 Å². The molecule has 5 bridgehead atoms. The number of phenolic OH excluding ortho intramolecular Hbond substituents is 3. The number of carbonyl (C=O) groups is 3. The van der Waals surface area contributed by atoms with Gasteiger partial charge in [0.1, 0.15) is 23.4 Å². The van der Waals surface area contributed by atoms with E-state index in [-0.39, 0.29) is 50.5 Å². The van der Waals surface area contributed by atoms with Crippen LogP contribution in [0.1, 0.15) is 102 Å². The highest BCUT2D eigenvalue weighted by Gasteiger charge is 2.50. The summed E-state index contributed by atoms with van der Waals surface area (Å²) in [6.45, 7) is 12.5. The fraction of sp³-hybridized carbons (Fsp3) is 0.545. The Kier molecular flexibility index (Phi) is 14.0. The molecule has 1 fully saturated rings. The zero-order valence-corrected chi connectivity index (χ0v) is 35.2. The van der Waals surface area contributed by atoms with E-state index in [9.17, 15) is 39.9 Å². The molecule has 15 heteroatoms. The number of aliphatic hydroxyl groups is 2. The number of methoxy groups -OCH3 is 1. The van der Waals surface area contributed by atoms with Crippen LogP contribution in [-0.4, -0.2) is 92.8 Å². The molecule has 1 amide bonds. The Hall–Kier alpha value is -5.12. The Bertz CT molecular complexity index is 2050. The smallest absolute Gasteiger partial charge is 0.312 e. The molecule has 0 aromatic heterocycles. The number of amides is 1. The Morgan fingerprint density at radius 3 is 2.27 bits per heavy atom. The number of nitrogens with zero attached hydrogens (tertiary/aromatic N) is 1. The van der Waals surface area contributed by atoms with Crippen molar-refractivity contribution in [2.75, 3.05) is 12.4 Å². The number of phenols is 3. The van der Waals surface area contributed by atoms with E-state index >= 15 is 0 Å². The number of anilines is 1. The van der Waals surface area contributed by atoms with Crippen molar-refractivity contribution in [3.05, 3.63) is 52.8 Å². The summed E-state index contributed by atoms with van der Waals surface area (Å²) in [7, 11) is 1.44. The molecule has 2 aromatic rings. The molecule has 15 nitrogen and oxygen atoms in total. The average molecular weight is 822 g/mol. The minimum atomic E-state index is -2.04. The lowest BCUT2D eigenvalue weighted by Gasteiger charge is -2.38. The third kappa shape index (κ3) is 9.07. The van der Waals surface area contributed by atoms with Crippen LogP contribution in [0.4, 0.5) is 5.69 Å². The van der Waals surface area contributed by atoms with Crippen LogP contribution in [0.25, 0.3) is 10.8 Å². The molecule has 3 heterocycles. The van der Waals surface area contributed by atoms with Gasteiger partial charge in [-0.05, 0) is 32.8 Å². The summed E-state index contributed by atoms with van der Waals surface area (Å²) < 4.78 is 23.6. The predicted molar refractivity (Wildman–Crippen MR) is 221 cm³/mol. The van der Waals surface area contributed by atoms with Crippen molar-refractivity contribution in [2.24, 2.45) is 28.8 Å². The Morgan fingerprint density at radius 1 is 0.949 bits per heavy atom. The molecule has 0 radical (unpaired) electrons. The molecule has 7 N–H and O–H groups in total. The Balaban J connectivity index is 1.69. The van der Waals surface area contributed by atoms with E-state index in [4.69, 9.17) is 18.9 Å². The minimum absolute atomic E-state index is 0.0574. The van der Waals surface area contributed by atoms with Gasteiger partial charge < -0.3 is 55.2 Å². The number of ketones is 1. The zero-order valence-electron chi connectivity index (χ0n) is 35.2. The van der Waals surface area contributed by atoms with Gasteiger partial charge in [0.2, 0.25) is 0 Å². The Labute approximate surface area is 344 Å². The van der Waals surface area contributed by atoms with Crippen LogP contribution in [0.15, 0.2) is 41.2 Å². The highest BCUT2D eigenvalue weighted by molar-refractivity contribution is 6.23. The quantitative estimate of drug-likeness (QED) is 0.0604. The first-order valence-corrected chi connectivity index (χ1v) is 20.2. The van der Waals surface area contributed by atoms with Crippen molar-refractivity contribution in [2.45, 2.75) is 124 Å². The molecule has 2 aromatic carbocycles. The van der Waals surface area contributed by atoms with Gasteiger partial charge in [-0.25, -0.2) is 0 Å². The Morgan fingerprint density at radius 2 is 1.63 bits per heavy atom. The van der Waals surface area contributed by atoms with Crippen LogP contribution in [0, 0.1) is 30.6 Å². The number of carbonyl (C=O) groups excluding carboxylic acids is 3. The molecule has 1 saturated carbocycles. The third-order valence-electron chi connectivity index (χ3n) is 12.1. The molecule has 6 rings (SSSR count). The summed E-state index contributed by atoms with van der Waals surface area (Å²) in [6, 6.07) is 0.0702. The summed E-state index contributed by atoms with van der Waals surface area (Å²) in [5.41, 5.74) is 2.73. The summed E-state index contributed by atoms with van der Waals surface area (Å²) in [4.78, 5) is 40.5. The first kappa shape index (κ1) is 45.0. The van der Waals surface area contributed by atoms with Gasteiger partial charge in [0.05, 0.1) is 53.0 Å². The van der Waals surface area contributed by atoms with Gasteiger partial charge in [-0.15, -0.1) is 0 Å². The van der Waals surface area contributed by atoms with Crippen LogP contribution in [0.3, 0.4) is 0 Å².